The highest BCUT2D eigenvalue weighted by atomic mass is 79.9. The van der Waals surface area contributed by atoms with Gasteiger partial charge in [-0.1, -0.05) is 0 Å². The van der Waals surface area contributed by atoms with Crippen LogP contribution in [0.15, 0.2) is 16.7 Å². The third-order valence-corrected chi connectivity index (χ3v) is 4.43. The summed E-state index contributed by atoms with van der Waals surface area (Å²) in [6.07, 6.45) is 4.43. The second-order valence-corrected chi connectivity index (χ2v) is 6.33. The van der Waals surface area contributed by atoms with Gasteiger partial charge in [0.1, 0.15) is 11.3 Å². The van der Waals surface area contributed by atoms with Crippen LogP contribution in [0.5, 0.6) is 0 Å². The van der Waals surface area contributed by atoms with Gasteiger partial charge in [0, 0.05) is 36.7 Å². The molecule has 0 aliphatic carbocycles. The Morgan fingerprint density at radius 3 is 2.86 bits per heavy atom. The van der Waals surface area contributed by atoms with E-state index >= 15 is 0 Å². The lowest BCUT2D eigenvalue weighted by Crippen LogP contribution is -2.28. The molecule has 0 aromatic carbocycles. The fraction of sp³-hybridized carbons (Fsp3) is 0.500. The predicted molar refractivity (Wildman–Crippen MR) is 85.2 cm³/mol. The maximum atomic E-state index is 12.2. The van der Waals surface area contributed by atoms with Crippen molar-refractivity contribution < 1.29 is 4.79 Å². The average Bonchev–Trinajstić information content (AvgIpc) is 3.11. The lowest BCUT2D eigenvalue weighted by atomic mass is 10.3. The fourth-order valence-corrected chi connectivity index (χ4v) is 3.23. The maximum absolute atomic E-state index is 12.2. The van der Waals surface area contributed by atoms with E-state index < -0.39 is 0 Å². The zero-order valence-corrected chi connectivity index (χ0v) is 13.9. The molecule has 1 aliphatic heterocycles. The van der Waals surface area contributed by atoms with Gasteiger partial charge in [-0.05, 0) is 34.8 Å². The normalized spacial score (nSPS) is 15.0. The van der Waals surface area contributed by atoms with Crippen LogP contribution in [-0.2, 0) is 17.2 Å². The highest BCUT2D eigenvalue weighted by Crippen LogP contribution is 2.20. The number of pyridine rings is 1. The number of likely N-dealkylation sites (tertiary alicyclic amines) is 1. The molecule has 3 heterocycles. The third kappa shape index (κ3) is 3.06. The molecule has 7 heteroatoms. The quantitative estimate of drug-likeness (QED) is 0.777. The average molecular weight is 372 g/mol. The van der Waals surface area contributed by atoms with Crippen molar-refractivity contribution >= 4 is 44.6 Å². The zero-order valence-electron chi connectivity index (χ0n) is 11.6. The summed E-state index contributed by atoms with van der Waals surface area (Å²) in [4.78, 5) is 23.0. The minimum Gasteiger partial charge on any atom is -0.343 e. The number of imidazole rings is 1. The van der Waals surface area contributed by atoms with E-state index in [1.54, 1.807) is 6.20 Å². The number of nitrogens with zero attached hydrogens (tertiary/aromatic N) is 4. The topological polar surface area (TPSA) is 51.0 Å². The summed E-state index contributed by atoms with van der Waals surface area (Å²) in [6, 6.07) is 1.91. The SMILES string of the molecule is O=C(CCn1c(CCl)nc2cc(Br)cnc21)N1CCCC1. The maximum Gasteiger partial charge on any atom is 0.224 e. The van der Waals surface area contributed by atoms with E-state index in [9.17, 15) is 4.79 Å². The van der Waals surface area contributed by atoms with Gasteiger partial charge in [-0.25, -0.2) is 9.97 Å². The van der Waals surface area contributed by atoms with E-state index in [1.807, 2.05) is 15.5 Å². The molecule has 3 rings (SSSR count). The number of carbonyl (C=O) groups is 1. The molecule has 112 valence electrons. The van der Waals surface area contributed by atoms with Crippen LogP contribution in [0.25, 0.3) is 11.2 Å². The molecule has 0 saturated carbocycles. The van der Waals surface area contributed by atoms with Crippen LogP contribution in [0.1, 0.15) is 25.1 Å². The van der Waals surface area contributed by atoms with Crippen LogP contribution in [0.2, 0.25) is 0 Å². The molecule has 1 aliphatic rings. The van der Waals surface area contributed by atoms with Gasteiger partial charge >= 0.3 is 0 Å². The van der Waals surface area contributed by atoms with Crippen molar-refractivity contribution in [2.75, 3.05) is 13.1 Å². The molecule has 2 aromatic heterocycles. The Labute approximate surface area is 136 Å². The van der Waals surface area contributed by atoms with E-state index in [4.69, 9.17) is 11.6 Å². The Morgan fingerprint density at radius 1 is 1.38 bits per heavy atom. The summed E-state index contributed by atoms with van der Waals surface area (Å²) < 4.78 is 2.83. The largest absolute Gasteiger partial charge is 0.343 e. The minimum absolute atomic E-state index is 0.201. The van der Waals surface area contributed by atoms with Crippen LogP contribution < -0.4 is 0 Å². The first-order chi connectivity index (χ1) is 10.2. The predicted octanol–water partition coefficient (Wildman–Crippen LogP) is 2.95. The number of rotatable bonds is 4. The van der Waals surface area contributed by atoms with Crippen LogP contribution in [0, 0.1) is 0 Å². The molecule has 0 radical (unpaired) electrons. The van der Waals surface area contributed by atoms with E-state index in [-0.39, 0.29) is 5.91 Å². The minimum atomic E-state index is 0.201. The molecule has 0 N–H and O–H groups in total. The van der Waals surface area contributed by atoms with Crippen LogP contribution in [-0.4, -0.2) is 38.4 Å². The Morgan fingerprint density at radius 2 is 2.14 bits per heavy atom. The van der Waals surface area contributed by atoms with Crippen LogP contribution in [0.3, 0.4) is 0 Å². The molecular weight excluding hydrogens is 356 g/mol. The summed E-state index contributed by atoms with van der Waals surface area (Å²) in [5.41, 5.74) is 1.58. The lowest BCUT2D eigenvalue weighted by molar-refractivity contribution is -0.130. The van der Waals surface area contributed by atoms with Gasteiger partial charge in [-0.2, -0.15) is 0 Å². The standard InChI is InChI=1S/C14H16BrClN4O/c15-10-7-11-14(17-9-10)20(12(8-16)18-11)6-3-13(21)19-4-1-2-5-19/h7,9H,1-6,8H2. The molecule has 1 saturated heterocycles. The van der Waals surface area contributed by atoms with Gasteiger partial charge < -0.3 is 9.47 Å². The second-order valence-electron chi connectivity index (χ2n) is 5.15. The molecule has 0 unspecified atom stereocenters. The molecule has 0 spiro atoms. The van der Waals surface area contributed by atoms with E-state index in [1.165, 1.54) is 0 Å². The summed E-state index contributed by atoms with van der Waals surface area (Å²) >= 11 is 9.36. The van der Waals surface area contributed by atoms with Gasteiger partial charge in [-0.3, -0.25) is 4.79 Å². The number of carbonyl (C=O) groups excluding carboxylic acids is 1. The zero-order chi connectivity index (χ0) is 14.8. The molecular formula is C14H16BrClN4O. The summed E-state index contributed by atoms with van der Waals surface area (Å²) in [5.74, 6) is 1.27. The van der Waals surface area contributed by atoms with Gasteiger partial charge in [-0.15, -0.1) is 11.6 Å². The first-order valence-electron chi connectivity index (χ1n) is 7.03. The van der Waals surface area contributed by atoms with Crippen molar-refractivity contribution in [1.82, 2.24) is 19.4 Å². The molecule has 2 aromatic rings. The van der Waals surface area contributed by atoms with Crippen molar-refractivity contribution in [3.05, 3.63) is 22.6 Å². The first-order valence-corrected chi connectivity index (χ1v) is 8.36. The molecule has 5 nitrogen and oxygen atoms in total. The van der Waals surface area contributed by atoms with Crippen molar-refractivity contribution in [3.8, 4) is 0 Å². The number of amides is 1. The van der Waals surface area contributed by atoms with E-state index in [0.717, 1.165) is 47.4 Å². The van der Waals surface area contributed by atoms with Crippen molar-refractivity contribution in [1.29, 1.82) is 0 Å². The molecule has 1 amide bonds. The molecule has 1 fully saturated rings. The summed E-state index contributed by atoms with van der Waals surface area (Å²) in [6.45, 7) is 2.34. The van der Waals surface area contributed by atoms with Gasteiger partial charge in [0.2, 0.25) is 5.91 Å². The van der Waals surface area contributed by atoms with Gasteiger partial charge in [0.05, 0.1) is 5.88 Å². The fourth-order valence-electron chi connectivity index (χ4n) is 2.70. The monoisotopic (exact) mass is 370 g/mol. The Hall–Kier alpha value is -1.14. The Balaban J connectivity index is 1.80. The summed E-state index contributed by atoms with van der Waals surface area (Å²) in [7, 11) is 0. The van der Waals surface area contributed by atoms with Gasteiger partial charge in [0.15, 0.2) is 5.65 Å². The number of fused-ring (bicyclic) bond motifs is 1. The van der Waals surface area contributed by atoms with Crippen LogP contribution >= 0.6 is 27.5 Å². The smallest absolute Gasteiger partial charge is 0.224 e. The highest BCUT2D eigenvalue weighted by molar-refractivity contribution is 9.10. The van der Waals surface area contributed by atoms with Gasteiger partial charge in [0.25, 0.3) is 0 Å². The molecule has 0 atom stereocenters. The third-order valence-electron chi connectivity index (χ3n) is 3.76. The van der Waals surface area contributed by atoms with E-state index in [2.05, 4.69) is 25.9 Å². The van der Waals surface area contributed by atoms with E-state index in [0.29, 0.717) is 18.8 Å². The molecule has 21 heavy (non-hydrogen) atoms. The number of aromatic nitrogens is 3. The lowest BCUT2D eigenvalue weighted by Gasteiger charge is -2.15. The van der Waals surface area contributed by atoms with Crippen molar-refractivity contribution in [3.63, 3.8) is 0 Å². The van der Waals surface area contributed by atoms with Crippen molar-refractivity contribution in [2.45, 2.75) is 31.7 Å². The second kappa shape index (κ2) is 6.32. The summed E-state index contributed by atoms with van der Waals surface area (Å²) in [5, 5.41) is 0. The first kappa shape index (κ1) is 14.8. The van der Waals surface area contributed by atoms with Crippen LogP contribution in [0.4, 0.5) is 0 Å². The number of alkyl halides is 1. The Bertz CT molecular complexity index is 666. The molecule has 0 bridgehead atoms. The number of halogens is 2. The Kier molecular flexibility index (Phi) is 4.45. The number of hydrogen-bond acceptors (Lipinski definition) is 3. The highest BCUT2D eigenvalue weighted by Gasteiger charge is 2.19. The van der Waals surface area contributed by atoms with Crippen molar-refractivity contribution in [2.24, 2.45) is 0 Å². The number of aryl methyl sites for hydroxylation is 1. The number of hydrogen-bond donors (Lipinski definition) is 0.